The summed E-state index contributed by atoms with van der Waals surface area (Å²) in [6, 6.07) is 67.3. The number of oxazole rings is 1. The molecule has 684 valence electrons. The number of rotatable bonds is 5. The van der Waals surface area contributed by atoms with Crippen molar-refractivity contribution in [3.05, 3.63) is 379 Å². The largest absolute Gasteiger partial charge is 0.534 e. The number of phenolic OH excluding ortho intramolecular Hbond substituents is 7. The molecule has 15 N–H and O–H groups in total. The Morgan fingerprint density at radius 3 is 1.82 bits per heavy atom. The van der Waals surface area contributed by atoms with E-state index in [9.17, 15) is 72.5 Å². The van der Waals surface area contributed by atoms with E-state index in [4.69, 9.17) is 30.6 Å². The monoisotopic (exact) mass is 2270 g/mol. The summed E-state index contributed by atoms with van der Waals surface area (Å²) in [5, 5.41) is 92.2. The third-order valence-electron chi connectivity index (χ3n) is 18.0. The number of amides is 2. The van der Waals surface area contributed by atoms with E-state index in [1.54, 1.807) is 126 Å². The average molecular weight is 2270 g/mol. The third kappa shape index (κ3) is 28.1. The van der Waals surface area contributed by atoms with Crippen molar-refractivity contribution in [1.82, 2.24) is 64.6 Å². The number of para-hydroxylation sites is 5. The summed E-state index contributed by atoms with van der Waals surface area (Å²) >= 11 is 0. The van der Waals surface area contributed by atoms with Gasteiger partial charge in [-0.25, -0.2) is 39.6 Å². The van der Waals surface area contributed by atoms with Gasteiger partial charge in [0, 0.05) is 114 Å². The molecule has 0 aliphatic carbocycles. The van der Waals surface area contributed by atoms with Crippen molar-refractivity contribution in [1.29, 1.82) is 0 Å². The van der Waals surface area contributed by atoms with Crippen LogP contribution in [0.5, 0.6) is 46.0 Å². The Morgan fingerprint density at radius 1 is 0.573 bits per heavy atom. The van der Waals surface area contributed by atoms with Gasteiger partial charge in [0.25, 0.3) is 22.7 Å². The van der Waals surface area contributed by atoms with E-state index < -0.39 is 22.6 Å². The van der Waals surface area contributed by atoms with E-state index in [2.05, 4.69) is 82.3 Å². The number of fused-ring (bicyclic) bond motifs is 5. The molecule has 0 bridgehead atoms. The summed E-state index contributed by atoms with van der Waals surface area (Å²) in [5.41, 5.74) is 12.1. The van der Waals surface area contributed by atoms with Crippen molar-refractivity contribution in [3.63, 3.8) is 0 Å². The van der Waals surface area contributed by atoms with Gasteiger partial charge in [-0.3, -0.25) is 38.9 Å². The molecule has 34 nitrogen and oxygen atoms in total. The quantitative estimate of drug-likeness (QED) is 0.0432. The number of aryl methyl sites for hydroxylation is 1. The minimum absolute atomic E-state index is 0. The maximum absolute atomic E-state index is 12.3. The first kappa shape index (κ1) is 96.5. The van der Waals surface area contributed by atoms with Crippen molar-refractivity contribution < 1.29 is 73.0 Å². The van der Waals surface area contributed by atoms with Crippen LogP contribution in [0.4, 0.5) is 30.2 Å². The summed E-state index contributed by atoms with van der Waals surface area (Å²) in [6.07, 6.45) is 13.2. The van der Waals surface area contributed by atoms with Crippen LogP contribution in [0.1, 0.15) is 46.9 Å². The number of carbonyl (C=O) groups excluding carboxylic acids is 2. The van der Waals surface area contributed by atoms with Gasteiger partial charge >= 0.3 is 6.18 Å². The number of nitrogens with one attached hydrogen (secondary N) is 5. The molecule has 0 fully saturated rings. The summed E-state index contributed by atoms with van der Waals surface area (Å²) < 4.78 is 44.2. The predicted octanol–water partition coefficient (Wildman–Crippen LogP) is 14.4. The number of aromatic nitrogens is 13. The van der Waals surface area contributed by atoms with Gasteiger partial charge in [-0.05, 0) is 153 Å². The number of non-ortho nitro benzene ring substituents is 1. The van der Waals surface area contributed by atoms with E-state index in [0.29, 0.717) is 44.7 Å². The number of aromatic hydroxyl groups is 8. The molecule has 18 aromatic rings. The molecule has 2 amide bonds. The number of alkyl halides is 3. The number of hydrogen-bond donors (Lipinski definition) is 14. The number of carbonyl (C=O) groups is 2. The number of aromatic amines is 4. The Labute approximate surface area is 727 Å². The number of halogens is 3. The summed E-state index contributed by atoms with van der Waals surface area (Å²) in [5.74, 6) is 0.773. The number of primary amides is 1. The molecule has 8 aromatic heterocycles. The molecule has 131 heavy (non-hydrogen) atoms. The SMILES string of the molecule is CC(=O)Nc1cc[nH]c(=O)c1.NC(=O)c1ncccc1O.O=[N+]([O-])c1cccc(O)c1.O=c1[nH]cnc2ccccc12.O=c1[nH]cnc2nccnc12.O=c1cc[nH]c2cc(C(F)(F)F)ccc12.Oc1[c-]cccc1.Oc1ccc(-n2cncn2)cc1.Oc1ccc2c3c1CCCN3CCC2.Oc1cccc2c(O)cccc12.Oc1ccccc1-c1nc2ccccc2o1.[No].[No]. The molecule has 0 atom stereocenters. The van der Waals surface area contributed by atoms with Gasteiger partial charge in [-0.1, -0.05) is 72.8 Å². The Kier molecular flexibility index (Phi) is 34.6. The normalized spacial score (nSPS) is 10.9. The van der Waals surface area contributed by atoms with Crippen LogP contribution >= 0.6 is 0 Å². The maximum atomic E-state index is 12.3. The number of nitrogens with zero attached hydrogens (tertiary/aromatic N) is 11. The Hall–Kier alpha value is -19.9. The topological polar surface area (TPSA) is 533 Å². The Balaban J connectivity index is 0.000000178. The standard InChI is InChI=1S/C13H9NO2.C12H15NO.C10H6F3NO.C10H8O2.C8H7N3O.C8H6N2O.C7H8N2O2.C6H4N4O.C6H6N2O2.C6H5NO3.C6H5O.2No/c15-11-7-3-1-5-9(11)13-14-10-6-2-4-8-12(10)16-13;14-11-6-5-9-3-1-7-13-8-2-4-10(11)12(9)13;11-10(12,13)6-1-2-7-8(5-6)14-4-3-9(7)15;11-9-5-1-3-7-8(9)4-2-6-10(7)12;12-8-3-1-7(2-4-8)11-6-9-5-10-11;11-8-6-3-1-2-4-7(6)9-5-10-8;1-5(10)9-6-2-3-8-7(11)4-6;11-6-4-5(9-3-10-6)8-2-1-7-4;7-6(10)5-4(9)2-1-3-8-5;8-6-3-1-2-5(4-6)7(9)10;7-6-4-2-1-3-5-6;;/h1-8,15H;5-6,14H,1-4,7-8H2;1-5H,(H,14,15);1-6,11-12H;1-6,12H;1-5H,(H,9,10,11);2-4H,1H3,(H2,8,9,10,11);1-3H,(H,8,9,10,11);1-3,9H,(H2,7,10);1-4,8H;1-4,7H;;/q;;;;;;;;;;-1;;. The number of hydrogen-bond acceptors (Lipinski definition) is 26. The summed E-state index contributed by atoms with van der Waals surface area (Å²) in [7, 11) is 0. The number of benzene rings is 10. The van der Waals surface area contributed by atoms with E-state index in [1.807, 2.05) is 54.6 Å². The molecule has 20 rings (SSSR count). The number of nitro benzene ring substituents is 1. The zero-order valence-corrected chi connectivity index (χ0v) is 72.9. The molecule has 0 saturated carbocycles. The van der Waals surface area contributed by atoms with Crippen LogP contribution in [0.2, 0.25) is 0 Å². The summed E-state index contributed by atoms with van der Waals surface area (Å²) in [6.45, 7) is 3.73. The number of phenols is 7. The fourth-order valence-electron chi connectivity index (χ4n) is 12.1. The average Bonchev–Trinajstić information content (AvgIpc) is 1.17. The van der Waals surface area contributed by atoms with Gasteiger partial charge in [0.15, 0.2) is 27.9 Å². The minimum atomic E-state index is -4.39. The molecule has 0 spiro atoms. The van der Waals surface area contributed by atoms with Gasteiger partial charge in [0.05, 0.1) is 51.4 Å². The molecule has 2 aliphatic rings. The van der Waals surface area contributed by atoms with Crippen molar-refractivity contribution in [2.45, 2.75) is 38.8 Å². The fourth-order valence-corrected chi connectivity index (χ4v) is 12.1. The molecule has 2 aliphatic heterocycles. The molecular formula is C92H79F3N17No2O17-. The van der Waals surface area contributed by atoms with E-state index in [1.165, 1.54) is 155 Å². The first-order chi connectivity index (χ1) is 62.1. The zero-order chi connectivity index (χ0) is 92.4. The smallest absolute Gasteiger partial charge is 0.416 e. The van der Waals surface area contributed by atoms with Crippen LogP contribution in [-0.4, -0.2) is 135 Å². The second-order valence-electron chi connectivity index (χ2n) is 27.0. The van der Waals surface area contributed by atoms with Crippen LogP contribution in [0, 0.1) is 16.2 Å². The van der Waals surface area contributed by atoms with E-state index >= 15 is 0 Å². The van der Waals surface area contributed by atoms with Gasteiger partial charge < -0.3 is 81.2 Å². The van der Waals surface area contributed by atoms with Gasteiger partial charge in [-0.15, -0.1) is 12.1 Å². The number of pyridine rings is 3. The second kappa shape index (κ2) is 46.9. The molecule has 0 unspecified atom stereocenters. The molecule has 0 radical (unpaired) electrons. The van der Waals surface area contributed by atoms with Gasteiger partial charge in [0.1, 0.15) is 58.4 Å². The van der Waals surface area contributed by atoms with Gasteiger partial charge in [-0.2, -0.15) is 36.5 Å². The minimum Gasteiger partial charge on any atom is -0.534 e. The maximum Gasteiger partial charge on any atom is 0.416 e. The molecule has 39 heteroatoms. The van der Waals surface area contributed by atoms with Crippen LogP contribution < -0.4 is 38.1 Å². The fraction of sp³-hybridized carbons (Fsp3) is 0.0870. The van der Waals surface area contributed by atoms with Crippen LogP contribution in [-0.2, 0) is 23.8 Å². The Morgan fingerprint density at radius 2 is 1.21 bits per heavy atom. The van der Waals surface area contributed by atoms with E-state index in [0.717, 1.165) is 46.9 Å². The van der Waals surface area contributed by atoms with Crippen molar-refractivity contribution >= 4 is 83.7 Å². The zero-order valence-electron chi connectivity index (χ0n) is 68.4. The third-order valence-corrected chi connectivity index (χ3v) is 18.0. The Bertz CT molecular complexity index is 6890. The first-order valence-electron chi connectivity index (χ1n) is 38.6. The van der Waals surface area contributed by atoms with Crippen molar-refractivity contribution in [2.75, 3.05) is 23.3 Å². The van der Waals surface area contributed by atoms with Gasteiger partial charge in [0.2, 0.25) is 17.4 Å². The molecule has 10 aromatic carbocycles. The molecule has 0 saturated heterocycles. The second-order valence-corrected chi connectivity index (χ2v) is 27.0. The van der Waals surface area contributed by atoms with Crippen LogP contribution in [0.3, 0.4) is 0 Å². The van der Waals surface area contributed by atoms with Crippen molar-refractivity contribution in [3.8, 4) is 63.1 Å². The van der Waals surface area contributed by atoms with Crippen LogP contribution in [0.25, 0.3) is 72.0 Å². The van der Waals surface area contributed by atoms with Crippen LogP contribution in [0.15, 0.2) is 323 Å². The molecule has 10 heterocycles. The predicted molar refractivity (Wildman–Crippen MR) is 476 cm³/mol. The van der Waals surface area contributed by atoms with Crippen molar-refractivity contribution in [2.24, 2.45) is 5.73 Å². The number of H-pyrrole nitrogens is 4. The molecular weight excluding hydrogens is 2190 g/mol. The first-order valence-corrected chi connectivity index (χ1v) is 38.6. The number of nitro groups is 1. The number of anilines is 2. The van der Waals surface area contributed by atoms with E-state index in [-0.39, 0.29) is 96.1 Å². The number of nitrogens with two attached hydrogens (primary N) is 1. The summed E-state index contributed by atoms with van der Waals surface area (Å²) in [4.78, 5) is 114.